The Labute approximate surface area is 759 Å². The minimum absolute atomic E-state index is 0.0806. The summed E-state index contributed by atoms with van der Waals surface area (Å²) in [5, 5.41) is 62.8. The van der Waals surface area contributed by atoms with Crippen LogP contribution in [0.2, 0.25) is 5.15 Å². The van der Waals surface area contributed by atoms with E-state index in [4.69, 9.17) is 79.5 Å². The number of phenols is 3. The molecule has 4 amide bonds. The van der Waals surface area contributed by atoms with E-state index in [1.165, 1.54) is 11.6 Å². The molecule has 680 valence electrons. The number of carbonyl (C=O) groups excluding carboxylic acids is 5. The highest BCUT2D eigenvalue weighted by Gasteiger charge is 2.20. The minimum atomic E-state index is -0.690. The van der Waals surface area contributed by atoms with E-state index in [1.807, 2.05) is 247 Å². The molecule has 26 nitrogen and oxygen atoms in total. The number of aromatic nitrogens is 5. The third kappa shape index (κ3) is 37.1. The predicted molar refractivity (Wildman–Crippen MR) is 510 cm³/mol. The molecule has 0 radical (unpaired) electrons. The van der Waals surface area contributed by atoms with Crippen molar-refractivity contribution < 1.29 is 68.4 Å². The lowest BCUT2D eigenvalue weighted by Crippen LogP contribution is -2.23. The number of rotatable bonds is 14. The van der Waals surface area contributed by atoms with Gasteiger partial charge in [-0.2, -0.15) is 15.8 Å². The highest BCUT2D eigenvalue weighted by Crippen LogP contribution is 2.33. The van der Waals surface area contributed by atoms with E-state index in [1.54, 1.807) is 74.5 Å². The molecule has 27 heteroatoms. The Hall–Kier alpha value is -14.2. The Morgan fingerprint density at radius 3 is 1.18 bits per heavy atom. The third-order valence-corrected chi connectivity index (χ3v) is 18.4. The molecule has 3 atom stereocenters. The van der Waals surface area contributed by atoms with E-state index in [9.17, 15) is 33.9 Å². The Morgan fingerprint density at radius 1 is 0.426 bits per heavy atom. The number of hydrogen-bond acceptors (Lipinski definition) is 21. The number of aryl methyl sites for hydroxylation is 6. The minimum Gasteiger partial charge on any atom is -0.508 e. The summed E-state index contributed by atoms with van der Waals surface area (Å²) in [6.07, 6.45) is 0.782. The summed E-state index contributed by atoms with van der Waals surface area (Å²) in [5.41, 5.74) is 30.1. The van der Waals surface area contributed by atoms with Crippen molar-refractivity contribution in [2.24, 2.45) is 22.9 Å². The van der Waals surface area contributed by atoms with Crippen LogP contribution in [0.3, 0.4) is 0 Å². The predicted octanol–water partition coefficient (Wildman–Crippen LogP) is 19.8. The number of nitrogens with one attached hydrogen (secondary N) is 1. The summed E-state index contributed by atoms with van der Waals surface area (Å²) in [4.78, 5) is 87.7. The zero-order valence-corrected chi connectivity index (χ0v) is 78.2. The molecule has 0 spiro atoms. The number of primary amides is 4. The van der Waals surface area contributed by atoms with Crippen molar-refractivity contribution in [1.29, 1.82) is 10.5 Å². The normalized spacial score (nSPS) is 11.5. The number of H-pyrrole nitrogens is 1. The van der Waals surface area contributed by atoms with Gasteiger partial charge < -0.3 is 67.1 Å². The zero-order valence-electron chi connectivity index (χ0n) is 77.5. The van der Waals surface area contributed by atoms with Crippen LogP contribution in [-0.2, 0) is 48.1 Å². The fraction of sp³-hybridized carbons (Fsp3) is 0.314. The number of amides is 4. The van der Waals surface area contributed by atoms with Crippen molar-refractivity contribution >= 4 is 95.1 Å². The van der Waals surface area contributed by atoms with E-state index < -0.39 is 23.7 Å². The van der Waals surface area contributed by atoms with Crippen LogP contribution in [0, 0.1) is 64.2 Å². The molecule has 0 aliphatic carbocycles. The summed E-state index contributed by atoms with van der Waals surface area (Å²) in [7, 11) is 0. The molecule has 129 heavy (non-hydrogen) atoms. The highest BCUT2D eigenvalue weighted by atomic mass is 35.5. The largest absolute Gasteiger partial charge is 0.508 e. The summed E-state index contributed by atoms with van der Waals surface area (Å²) in [6, 6.07) is 63.1. The van der Waals surface area contributed by atoms with Crippen LogP contribution in [0.15, 0.2) is 199 Å². The van der Waals surface area contributed by atoms with Gasteiger partial charge in [0.2, 0.25) is 29.2 Å². The molecule has 5 aromatic heterocycles. The van der Waals surface area contributed by atoms with E-state index in [-0.39, 0.29) is 81.7 Å². The van der Waals surface area contributed by atoms with Gasteiger partial charge in [0.05, 0.1) is 66.2 Å². The SMILES string of the molecule is CC(=O)OO.CC(C)(C)Oc1cccc(CC(N)=O)c1.Cc1[nH]c(=O)cc2cc(OC(C)(C)C)ccc12.Cc1ccc2c(C)nc(C(C)C(N)=O)cc2c1.Cc1nc(C(C)C#N)cc2cc(OC(C)(C)C)ccc12.Cc1nc(C(C)C(N)=O)cc2cc(O)ccc12.Cc1nc(Cl)cc2cc(OC(C)(C)C)ccc12.N#CCc1cccc(O)c1.NC(=O)Cc1cccc(O)c1. The summed E-state index contributed by atoms with van der Waals surface area (Å²) >= 11 is 5.96. The van der Waals surface area contributed by atoms with Crippen molar-refractivity contribution in [1.82, 2.24) is 24.9 Å². The van der Waals surface area contributed by atoms with Gasteiger partial charge in [0.15, 0.2) is 0 Å². The first-order chi connectivity index (χ1) is 60.1. The van der Waals surface area contributed by atoms with Crippen LogP contribution in [-0.4, -0.2) is 97.5 Å². The summed E-state index contributed by atoms with van der Waals surface area (Å²) in [5.74, 6) is 0.666. The van der Waals surface area contributed by atoms with E-state index in [2.05, 4.69) is 54.1 Å². The van der Waals surface area contributed by atoms with E-state index >= 15 is 0 Å². The second-order valence-corrected chi connectivity index (χ2v) is 34.9. The molecule has 13 rings (SSSR count). The third-order valence-electron chi connectivity index (χ3n) is 18.2. The molecular weight excluding hydrogens is 1650 g/mol. The maximum atomic E-state index is 11.4. The fourth-order valence-electron chi connectivity index (χ4n) is 12.4. The molecule has 5 heterocycles. The van der Waals surface area contributed by atoms with Crippen LogP contribution in [0.4, 0.5) is 0 Å². The Balaban J connectivity index is 0.000000261. The van der Waals surface area contributed by atoms with Gasteiger partial charge in [-0.3, -0.25) is 38.9 Å². The number of nitriles is 2. The molecule has 3 unspecified atom stereocenters. The second kappa shape index (κ2) is 47.9. The molecule has 13 aromatic rings. The number of phenolic OH excluding ortho intramolecular Hbond substituents is 3. The number of ether oxygens (including phenoxy) is 4. The molecule has 0 aliphatic heterocycles. The Morgan fingerprint density at radius 2 is 0.767 bits per heavy atom. The first-order valence-corrected chi connectivity index (χ1v) is 41.7. The van der Waals surface area contributed by atoms with Gasteiger partial charge in [-0.1, -0.05) is 71.8 Å². The number of halogens is 1. The molecular formula is C102H120ClN11O15. The van der Waals surface area contributed by atoms with Gasteiger partial charge >= 0.3 is 5.97 Å². The van der Waals surface area contributed by atoms with Gasteiger partial charge in [0.1, 0.15) is 67.8 Å². The average molecular weight is 1780 g/mol. The van der Waals surface area contributed by atoms with Crippen molar-refractivity contribution in [3.63, 3.8) is 0 Å². The maximum Gasteiger partial charge on any atom is 0.339 e. The zero-order chi connectivity index (χ0) is 96.8. The molecule has 0 saturated heterocycles. The lowest BCUT2D eigenvalue weighted by Gasteiger charge is -2.21. The van der Waals surface area contributed by atoms with Crippen molar-refractivity contribution in [3.8, 4) is 52.4 Å². The molecule has 0 aliphatic rings. The average Bonchev–Trinajstić information content (AvgIpc) is 0.829. The van der Waals surface area contributed by atoms with Gasteiger partial charge in [0.25, 0.3) is 0 Å². The van der Waals surface area contributed by atoms with Crippen molar-refractivity contribution in [2.45, 2.75) is 212 Å². The number of hydrogen-bond donors (Lipinski definition) is 9. The highest BCUT2D eigenvalue weighted by molar-refractivity contribution is 6.30. The molecule has 13 N–H and O–H groups in total. The fourth-order valence-corrected chi connectivity index (χ4v) is 12.7. The number of nitrogens with two attached hydrogens (primary N) is 4. The van der Waals surface area contributed by atoms with Crippen molar-refractivity contribution in [3.05, 3.63) is 277 Å². The van der Waals surface area contributed by atoms with Crippen LogP contribution < -0.4 is 47.4 Å². The number of nitrogens with zero attached hydrogens (tertiary/aromatic N) is 6. The van der Waals surface area contributed by atoms with Crippen LogP contribution in [0.1, 0.15) is 196 Å². The molecule has 8 aromatic carbocycles. The number of fused-ring (bicyclic) bond motifs is 5. The number of pyridine rings is 5. The standard InChI is InChI=1S/C17H20N2O.C14H16ClNO.C14H16N2O.C14H17NO2.C13H14N2O2.C12H17NO2.C8H9NO2.C8H7NO.C2H4O3/c1-11(10-18)16-9-13-8-14(20-17(3,4)5)6-7-15(13)12(2)19-16;1-9-12-6-5-11(17-14(2,3)4)7-10(12)8-13(15)16-9;1-8-4-5-12-10(3)16-13(7-11(12)6-8)9(2)14(15)17;1-9-12-6-5-11(17-14(2,3)4)7-10(12)8-13(16)15-9;1-7(13(14)17)12-6-9-5-10(16)3-4-11(9)8(2)15-12;1-12(2,3)15-10-6-4-5-9(7-10)8-11(13)14;9-8(11)5-6-2-1-3-7(10)4-6;9-5-4-7-2-1-3-8(10)6-7;1-2(3)5-4/h6-9,11H,1-5H3;5-8H,1-4H3;4-7,9H,1-3H3,(H2,15,17);5-8H,1-4H3,(H,15,16);3-7,16H,1-2H3,(H2,14,17);4-7H,8H2,1-3H3,(H2,13,14);1-4,10H,5H2,(H2,9,11);1-3,6,10H,4H2;4H,1H3. The quantitative estimate of drug-likeness (QED) is 0.0277. The van der Waals surface area contributed by atoms with Crippen LogP contribution in [0.25, 0.3) is 53.9 Å². The van der Waals surface area contributed by atoms with Crippen LogP contribution >= 0.6 is 11.6 Å². The first kappa shape index (κ1) is 105. The monoisotopic (exact) mass is 1770 g/mol. The number of aromatic hydroxyl groups is 3. The maximum absolute atomic E-state index is 11.4. The van der Waals surface area contributed by atoms with E-state index in [0.717, 1.165) is 140 Å². The van der Waals surface area contributed by atoms with Crippen LogP contribution in [0.5, 0.6) is 40.2 Å². The smallest absolute Gasteiger partial charge is 0.339 e. The first-order valence-electron chi connectivity index (χ1n) is 41.4. The number of benzene rings is 8. The number of carbonyl (C=O) groups is 5. The summed E-state index contributed by atoms with van der Waals surface area (Å²) < 4.78 is 23.2. The number of aromatic amines is 1. The lowest BCUT2D eigenvalue weighted by molar-refractivity contribution is -0.231. The van der Waals surface area contributed by atoms with Crippen molar-refractivity contribution in [2.75, 3.05) is 0 Å². The lowest BCUT2D eigenvalue weighted by atomic mass is 10.0. The van der Waals surface area contributed by atoms with Gasteiger partial charge in [-0.25, -0.2) is 9.78 Å². The Kier molecular flexibility index (Phi) is 39.1. The van der Waals surface area contributed by atoms with Gasteiger partial charge in [-0.15, -0.1) is 0 Å². The van der Waals surface area contributed by atoms with E-state index in [0.29, 0.717) is 17.3 Å². The molecule has 0 saturated carbocycles. The van der Waals surface area contributed by atoms with Gasteiger partial charge in [-0.05, 0) is 322 Å². The summed E-state index contributed by atoms with van der Waals surface area (Å²) in [6.45, 7) is 42.3. The topological polar surface area (TPSA) is 448 Å². The molecule has 0 bridgehead atoms. The molecule has 0 fully saturated rings. The van der Waals surface area contributed by atoms with Gasteiger partial charge in [0, 0.05) is 68.4 Å². The second-order valence-electron chi connectivity index (χ2n) is 34.5. The Bertz CT molecular complexity index is 6130.